The lowest BCUT2D eigenvalue weighted by molar-refractivity contribution is -0.161. The molecule has 0 amide bonds. The summed E-state index contributed by atoms with van der Waals surface area (Å²) in [7, 11) is -2.67. The number of esters is 2. The molecule has 0 spiro atoms. The molecule has 9 nitrogen and oxygen atoms in total. The summed E-state index contributed by atoms with van der Waals surface area (Å²) < 4.78 is 33.2. The summed E-state index contributed by atoms with van der Waals surface area (Å²) in [6, 6.07) is 0. The quantitative estimate of drug-likeness (QED) is 0.0268. The maximum atomic E-state index is 12.6. The highest BCUT2D eigenvalue weighted by molar-refractivity contribution is 7.47. The van der Waals surface area contributed by atoms with Gasteiger partial charge in [0, 0.05) is 19.4 Å². The van der Waals surface area contributed by atoms with Crippen molar-refractivity contribution in [2.75, 3.05) is 33.4 Å². The van der Waals surface area contributed by atoms with Gasteiger partial charge < -0.3 is 19.7 Å². The number of ether oxygens (including phenoxy) is 2. The Bertz CT molecular complexity index is 1130. The fraction of sp³-hybridized carbons (Fsp3) is 0.750. The molecule has 0 heterocycles. The largest absolute Gasteiger partial charge is 0.472 e. The fourth-order valence-electron chi connectivity index (χ4n) is 6.07. The number of allylic oxidation sites excluding steroid dienone is 10. The first-order valence-electron chi connectivity index (χ1n) is 23.2. The summed E-state index contributed by atoms with van der Waals surface area (Å²) in [4.78, 5) is 35.1. The predicted octanol–water partition coefficient (Wildman–Crippen LogP) is 13.5. The zero-order valence-electron chi connectivity index (χ0n) is 37.2. The highest BCUT2D eigenvalue weighted by atomic mass is 31.2. The van der Waals surface area contributed by atoms with E-state index in [1.54, 1.807) is 7.05 Å². The van der Waals surface area contributed by atoms with Gasteiger partial charge in [-0.3, -0.25) is 18.6 Å². The van der Waals surface area contributed by atoms with Crippen LogP contribution in [0.2, 0.25) is 0 Å². The lowest BCUT2D eigenvalue weighted by Gasteiger charge is -2.20. The normalized spacial score (nSPS) is 13.8. The molecule has 0 aliphatic heterocycles. The van der Waals surface area contributed by atoms with Gasteiger partial charge in [0.05, 0.1) is 13.2 Å². The number of carbonyl (C=O) groups is 2. The number of likely N-dealkylation sites (N-methyl/N-ethyl adjacent to an activating group) is 1. The molecule has 0 rings (SSSR count). The molecule has 0 bridgehead atoms. The third kappa shape index (κ3) is 43.3. The molecular weight excluding hydrogens is 750 g/mol. The van der Waals surface area contributed by atoms with E-state index in [4.69, 9.17) is 18.5 Å². The summed E-state index contributed by atoms with van der Waals surface area (Å²) in [5.41, 5.74) is 0. The van der Waals surface area contributed by atoms with Gasteiger partial charge in [0.2, 0.25) is 0 Å². The van der Waals surface area contributed by atoms with Crippen LogP contribution in [0.15, 0.2) is 60.8 Å². The Labute approximate surface area is 355 Å². The van der Waals surface area contributed by atoms with E-state index >= 15 is 0 Å². The highest BCUT2D eigenvalue weighted by Gasteiger charge is 2.26. The molecule has 0 aliphatic rings. The molecule has 336 valence electrons. The topological polar surface area (TPSA) is 120 Å². The molecule has 0 saturated carbocycles. The third-order valence-electron chi connectivity index (χ3n) is 9.61. The maximum Gasteiger partial charge on any atom is 0.472 e. The van der Waals surface area contributed by atoms with Crippen molar-refractivity contribution in [1.82, 2.24) is 5.32 Å². The molecule has 0 aliphatic carbocycles. The van der Waals surface area contributed by atoms with Crippen molar-refractivity contribution >= 4 is 19.8 Å². The van der Waals surface area contributed by atoms with Gasteiger partial charge in [-0.1, -0.05) is 164 Å². The second-order valence-corrected chi connectivity index (χ2v) is 16.7. The molecule has 0 saturated heterocycles. The molecule has 0 fully saturated rings. The molecule has 2 unspecified atom stereocenters. The molecule has 0 aromatic heterocycles. The first-order valence-corrected chi connectivity index (χ1v) is 24.7. The standard InChI is InChI=1S/C48H86NO8P/c1-4-6-8-10-12-14-16-18-20-22-23-25-26-28-30-32-34-36-38-40-47(50)54-44-46(45-56-58(52,53)55-43-42-49-3)57-48(51)41-39-37-35-33-31-29-27-24-21-19-17-15-13-11-9-7-5-2/h12,14,18-21,27,29,33,35,46,49H,4-11,13,15-17,22-26,28,30-32,34,36-45H2,1-3H3,(H,52,53)/b14-12-,20-18-,21-19-,29-27-,35-33-. The molecule has 2 atom stereocenters. The summed E-state index contributed by atoms with van der Waals surface area (Å²) in [6.07, 6.45) is 51.3. The lowest BCUT2D eigenvalue weighted by atomic mass is 10.1. The molecule has 10 heteroatoms. The van der Waals surface area contributed by atoms with Crippen LogP contribution in [0.25, 0.3) is 0 Å². The minimum absolute atomic E-state index is 0.0288. The van der Waals surface area contributed by atoms with Crippen molar-refractivity contribution in [3.8, 4) is 0 Å². The van der Waals surface area contributed by atoms with Gasteiger partial charge >= 0.3 is 19.8 Å². The molecule has 0 aromatic rings. The van der Waals surface area contributed by atoms with E-state index < -0.39 is 26.5 Å². The van der Waals surface area contributed by atoms with Crippen molar-refractivity contribution < 1.29 is 37.6 Å². The number of phosphoric ester groups is 1. The fourth-order valence-corrected chi connectivity index (χ4v) is 6.82. The second kappa shape index (κ2) is 44.3. The number of carbonyl (C=O) groups excluding carboxylic acids is 2. The van der Waals surface area contributed by atoms with E-state index in [0.717, 1.165) is 64.2 Å². The van der Waals surface area contributed by atoms with E-state index in [-0.39, 0.29) is 32.0 Å². The third-order valence-corrected chi connectivity index (χ3v) is 10.6. The highest BCUT2D eigenvalue weighted by Crippen LogP contribution is 2.43. The Morgan fingerprint density at radius 2 is 0.948 bits per heavy atom. The van der Waals surface area contributed by atoms with Gasteiger partial charge in [0.1, 0.15) is 6.61 Å². The Kier molecular flexibility index (Phi) is 42.5. The monoisotopic (exact) mass is 836 g/mol. The van der Waals surface area contributed by atoms with Gasteiger partial charge in [0.25, 0.3) is 0 Å². The summed E-state index contributed by atoms with van der Waals surface area (Å²) in [6.45, 7) is 4.13. The van der Waals surface area contributed by atoms with Crippen LogP contribution in [0.3, 0.4) is 0 Å². The van der Waals surface area contributed by atoms with E-state index in [1.807, 2.05) is 0 Å². The van der Waals surface area contributed by atoms with Crippen LogP contribution < -0.4 is 5.32 Å². The lowest BCUT2D eigenvalue weighted by Crippen LogP contribution is -2.29. The number of unbranched alkanes of at least 4 members (excludes halogenated alkanes) is 19. The molecule has 0 radical (unpaired) electrons. The predicted molar refractivity (Wildman–Crippen MR) is 243 cm³/mol. The summed E-state index contributed by atoms with van der Waals surface area (Å²) in [5.74, 6) is -0.873. The molecule has 0 aromatic carbocycles. The first-order chi connectivity index (χ1) is 28.3. The van der Waals surface area contributed by atoms with Crippen LogP contribution in [-0.2, 0) is 32.7 Å². The van der Waals surface area contributed by atoms with Crippen LogP contribution >= 0.6 is 7.82 Å². The number of phosphoric acid groups is 1. The zero-order chi connectivity index (χ0) is 42.5. The average molecular weight is 836 g/mol. The average Bonchev–Trinajstić information content (AvgIpc) is 3.21. The van der Waals surface area contributed by atoms with Crippen molar-refractivity contribution in [1.29, 1.82) is 0 Å². The van der Waals surface area contributed by atoms with Crippen LogP contribution in [0, 0.1) is 0 Å². The van der Waals surface area contributed by atoms with Crippen LogP contribution in [0.5, 0.6) is 0 Å². The van der Waals surface area contributed by atoms with E-state index in [0.29, 0.717) is 13.0 Å². The Morgan fingerprint density at radius 1 is 0.534 bits per heavy atom. The second-order valence-electron chi connectivity index (χ2n) is 15.2. The van der Waals surface area contributed by atoms with Crippen molar-refractivity contribution in [2.45, 2.75) is 200 Å². The first kappa shape index (κ1) is 55.7. The van der Waals surface area contributed by atoms with Gasteiger partial charge in [-0.15, -0.1) is 0 Å². The van der Waals surface area contributed by atoms with Crippen LogP contribution in [-0.4, -0.2) is 56.3 Å². The number of hydrogen-bond donors (Lipinski definition) is 2. The van der Waals surface area contributed by atoms with Crippen molar-refractivity contribution in [2.24, 2.45) is 0 Å². The smallest absolute Gasteiger partial charge is 0.462 e. The van der Waals surface area contributed by atoms with Gasteiger partial charge in [-0.25, -0.2) is 4.57 Å². The summed E-state index contributed by atoms with van der Waals surface area (Å²) >= 11 is 0. The maximum absolute atomic E-state index is 12.6. The zero-order valence-corrected chi connectivity index (χ0v) is 38.1. The van der Waals surface area contributed by atoms with Crippen LogP contribution in [0.1, 0.15) is 194 Å². The molecule has 2 N–H and O–H groups in total. The Hall–Kier alpha value is -2.29. The van der Waals surface area contributed by atoms with E-state index in [9.17, 15) is 19.0 Å². The van der Waals surface area contributed by atoms with Crippen molar-refractivity contribution in [3.05, 3.63) is 60.8 Å². The van der Waals surface area contributed by atoms with Gasteiger partial charge in [-0.2, -0.15) is 0 Å². The molecule has 58 heavy (non-hydrogen) atoms. The minimum atomic E-state index is -4.37. The van der Waals surface area contributed by atoms with E-state index in [2.05, 4.69) is 79.9 Å². The number of hydrogen-bond acceptors (Lipinski definition) is 8. The van der Waals surface area contributed by atoms with E-state index in [1.165, 1.54) is 96.3 Å². The van der Waals surface area contributed by atoms with Crippen molar-refractivity contribution in [3.63, 3.8) is 0 Å². The Balaban J connectivity index is 4.26. The van der Waals surface area contributed by atoms with Gasteiger partial charge in [-0.05, 0) is 84.1 Å². The number of rotatable bonds is 43. The number of nitrogens with one attached hydrogen (secondary N) is 1. The van der Waals surface area contributed by atoms with Gasteiger partial charge in [0.15, 0.2) is 6.10 Å². The Morgan fingerprint density at radius 3 is 1.47 bits per heavy atom. The SMILES string of the molecule is CCCCC/C=C\C/C=C\CCCCCCCCCCCC(=O)OCC(COP(=O)(O)OCCNC)OC(=O)CCC/C=C\C/C=C\C/C=C\CCCCCCCC. The summed E-state index contributed by atoms with van der Waals surface area (Å²) in [5, 5.41) is 2.82. The molecular formula is C48H86NO8P. The van der Waals surface area contributed by atoms with Crippen LogP contribution in [0.4, 0.5) is 0 Å². The minimum Gasteiger partial charge on any atom is -0.462 e.